The Morgan fingerprint density at radius 1 is 0.583 bits per heavy atom. The topological polar surface area (TPSA) is 290 Å². The number of aliphatic carboxylic acids is 3. The number of hydrogen-bond acceptors (Lipinski definition) is 14. The second-order valence-electron chi connectivity index (χ2n) is 17.6. The van der Waals surface area contributed by atoms with Crippen LogP contribution in [0.3, 0.4) is 0 Å². The van der Waals surface area contributed by atoms with Crippen LogP contribution in [0.1, 0.15) is 104 Å². The highest BCUT2D eigenvalue weighted by Gasteiger charge is 2.24. The third-order valence-corrected chi connectivity index (χ3v) is 12.7. The number of fused-ring (bicyclic) bond motifs is 8. The lowest BCUT2D eigenvalue weighted by Gasteiger charge is -2.27. The largest absolute Gasteiger partial charge is 0.480 e. The number of carboxylic acid groups (broad SMARTS) is 3. The molecule has 2 aliphatic rings. The SMILES string of the molecule is CCOC(=O)CN(CCN(CCN(CC(=O)O)CC(=O)NCCNC(=O)CCC1=C(C)c2cc3[nH]c(cc4nc(cc5[nH]c(cc1n2)c(C(=O)OC)c5C)C(CC)=C4C)c(CC)c3C)CC(=O)O)CC(=O)O. The maximum atomic E-state index is 13.4. The number of rotatable bonds is 26. The van der Waals surface area contributed by atoms with Gasteiger partial charge in [-0.2, -0.15) is 0 Å². The van der Waals surface area contributed by atoms with Gasteiger partial charge < -0.3 is 45.4 Å². The summed E-state index contributed by atoms with van der Waals surface area (Å²) in [7, 11) is 1.33. The Balaban J connectivity index is 1.29. The first-order chi connectivity index (χ1) is 34.3. The highest BCUT2D eigenvalue weighted by molar-refractivity contribution is 6.03. The van der Waals surface area contributed by atoms with Gasteiger partial charge >= 0.3 is 29.8 Å². The number of aryl methyl sites for hydroxylation is 3. The van der Waals surface area contributed by atoms with Crippen LogP contribution in [0.2, 0.25) is 0 Å². The molecule has 0 saturated heterocycles. The van der Waals surface area contributed by atoms with Crippen LogP contribution < -0.4 is 10.6 Å². The third-order valence-electron chi connectivity index (χ3n) is 12.7. The Labute approximate surface area is 417 Å². The molecule has 21 nitrogen and oxygen atoms in total. The predicted molar refractivity (Wildman–Crippen MR) is 271 cm³/mol. The number of nitrogens with one attached hydrogen (secondary N) is 4. The van der Waals surface area contributed by atoms with Gasteiger partial charge in [0.05, 0.1) is 80.3 Å². The molecule has 5 rings (SSSR count). The van der Waals surface area contributed by atoms with Crippen molar-refractivity contribution in [3.63, 3.8) is 0 Å². The van der Waals surface area contributed by atoms with E-state index in [4.69, 9.17) is 19.4 Å². The Kier molecular flexibility index (Phi) is 19.9. The molecule has 21 heteroatoms. The summed E-state index contributed by atoms with van der Waals surface area (Å²) in [5, 5.41) is 33.9. The average molecular weight is 998 g/mol. The fourth-order valence-electron chi connectivity index (χ4n) is 8.96. The number of methoxy groups -OCH3 is 1. The van der Waals surface area contributed by atoms with Crippen molar-refractivity contribution in [2.24, 2.45) is 0 Å². The van der Waals surface area contributed by atoms with Gasteiger partial charge in [0.25, 0.3) is 0 Å². The number of amides is 2. The fraction of sp³-hybridized carbons (Fsp3) is 0.471. The Morgan fingerprint density at radius 3 is 1.64 bits per heavy atom. The summed E-state index contributed by atoms with van der Waals surface area (Å²) < 4.78 is 10.2. The number of aromatic amines is 2. The summed E-state index contributed by atoms with van der Waals surface area (Å²) in [5.41, 5.74) is 13.1. The van der Waals surface area contributed by atoms with Crippen LogP contribution in [0, 0.1) is 13.8 Å². The Morgan fingerprint density at radius 2 is 1.07 bits per heavy atom. The first-order valence-electron chi connectivity index (χ1n) is 24.0. The van der Waals surface area contributed by atoms with Gasteiger partial charge in [0.15, 0.2) is 0 Å². The maximum Gasteiger partial charge on any atom is 0.340 e. The van der Waals surface area contributed by atoms with Crippen molar-refractivity contribution >= 4 is 86.0 Å². The minimum absolute atomic E-state index is 0.00111. The molecule has 0 aromatic carbocycles. The number of esters is 2. The molecule has 0 radical (unpaired) electrons. The number of ether oxygens (including phenoxy) is 2. The fourth-order valence-corrected chi connectivity index (χ4v) is 8.96. The summed E-state index contributed by atoms with van der Waals surface area (Å²) in [6.07, 6.45) is 1.90. The van der Waals surface area contributed by atoms with Gasteiger partial charge in [0.2, 0.25) is 11.8 Å². The predicted octanol–water partition coefficient (Wildman–Crippen LogP) is 4.29. The molecule has 0 saturated carbocycles. The molecule has 5 heterocycles. The molecule has 388 valence electrons. The van der Waals surface area contributed by atoms with Crippen molar-refractivity contribution in [2.75, 3.05) is 85.7 Å². The van der Waals surface area contributed by atoms with E-state index in [0.717, 1.165) is 68.7 Å². The van der Waals surface area contributed by atoms with Crippen LogP contribution in [0.5, 0.6) is 0 Å². The van der Waals surface area contributed by atoms with Crippen LogP contribution in [0.4, 0.5) is 0 Å². The molecule has 0 fully saturated rings. The zero-order valence-corrected chi connectivity index (χ0v) is 42.4. The number of carbonyl (C=O) groups excluding carboxylic acids is 4. The van der Waals surface area contributed by atoms with Crippen LogP contribution >= 0.6 is 0 Å². The molecule has 72 heavy (non-hydrogen) atoms. The van der Waals surface area contributed by atoms with E-state index in [1.165, 1.54) is 21.8 Å². The molecule has 0 atom stereocenters. The second-order valence-corrected chi connectivity index (χ2v) is 17.6. The highest BCUT2D eigenvalue weighted by atomic mass is 16.5. The molecule has 7 N–H and O–H groups in total. The van der Waals surface area contributed by atoms with E-state index < -0.39 is 55.4 Å². The zero-order valence-electron chi connectivity index (χ0n) is 42.4. The minimum atomic E-state index is -1.22. The first-order valence-corrected chi connectivity index (χ1v) is 24.0. The molecule has 0 unspecified atom stereocenters. The van der Waals surface area contributed by atoms with E-state index in [2.05, 4.69) is 54.4 Å². The first kappa shape index (κ1) is 55.7. The van der Waals surface area contributed by atoms with Crippen LogP contribution in [0.15, 0.2) is 24.3 Å². The molecular formula is C51H67N9O12. The smallest absolute Gasteiger partial charge is 0.340 e. The normalized spacial score (nSPS) is 12.5. The Hall–Kier alpha value is -7.23. The summed E-state index contributed by atoms with van der Waals surface area (Å²) in [5.74, 6) is -5.58. The molecule has 0 aliphatic carbocycles. The van der Waals surface area contributed by atoms with Gasteiger partial charge in [-0.05, 0) is 117 Å². The summed E-state index contributed by atoms with van der Waals surface area (Å²) in [6, 6.07) is 7.87. The summed E-state index contributed by atoms with van der Waals surface area (Å²) in [6.45, 7) is 11.8. The number of H-pyrrole nitrogens is 2. The van der Waals surface area contributed by atoms with Gasteiger partial charge in [-0.15, -0.1) is 0 Å². The zero-order chi connectivity index (χ0) is 52.8. The molecular weight excluding hydrogens is 931 g/mol. The van der Waals surface area contributed by atoms with E-state index in [1.54, 1.807) is 6.92 Å². The minimum Gasteiger partial charge on any atom is -0.480 e. The number of hydrogen-bond donors (Lipinski definition) is 7. The molecule has 0 spiro atoms. The molecule has 8 bridgehead atoms. The number of aromatic nitrogens is 4. The van der Waals surface area contributed by atoms with Crippen LogP contribution in [-0.4, -0.2) is 177 Å². The highest BCUT2D eigenvalue weighted by Crippen LogP contribution is 2.37. The van der Waals surface area contributed by atoms with E-state index in [-0.39, 0.29) is 77.7 Å². The standard InChI is InChI=1S/C51H67N9O12/c1-9-33-29(4)36-20-37-31(6)35(42(56-37)23-43-50(51(70)71-8)32(7)39(57-43)22-41-34(10-2)30(5)38(55-41)21-40(33)54-36)12-13-44(61)52-14-15-53-45(62)24-59(26-47(65)66)18-16-58(25-46(63)64)17-19-60(27-48(67)68)28-49(69)72-11-3/h20-23,54,57H,9-19,24-28H2,1-8H3,(H,52,61)(H,53,62)(H,63,64)(H,65,66)(H,67,68). The number of carbonyl (C=O) groups is 7. The van der Waals surface area contributed by atoms with Crippen molar-refractivity contribution < 1.29 is 58.4 Å². The van der Waals surface area contributed by atoms with Crippen LogP contribution in [-0.2, 0) is 44.7 Å². The number of allylic oxidation sites excluding steroid dienone is 4. The van der Waals surface area contributed by atoms with Gasteiger partial charge in [-0.25, -0.2) is 14.8 Å². The lowest BCUT2D eigenvalue weighted by molar-refractivity contribution is -0.146. The van der Waals surface area contributed by atoms with Crippen molar-refractivity contribution in [1.82, 2.24) is 45.3 Å². The molecule has 3 aromatic heterocycles. The quantitative estimate of drug-likeness (QED) is 0.0436. The lowest BCUT2D eigenvalue weighted by atomic mass is 10.0. The average Bonchev–Trinajstić information content (AvgIpc) is 3.99. The lowest BCUT2D eigenvalue weighted by Crippen LogP contribution is -2.47. The van der Waals surface area contributed by atoms with E-state index in [9.17, 15) is 48.9 Å². The van der Waals surface area contributed by atoms with E-state index in [1.807, 2.05) is 32.0 Å². The third kappa shape index (κ3) is 14.7. The second kappa shape index (κ2) is 25.8. The van der Waals surface area contributed by atoms with E-state index in [0.29, 0.717) is 33.5 Å². The molecule has 3 aromatic rings. The van der Waals surface area contributed by atoms with Crippen molar-refractivity contribution in [3.8, 4) is 0 Å². The number of carboxylic acids is 3. The van der Waals surface area contributed by atoms with Gasteiger partial charge in [-0.1, -0.05) is 13.8 Å². The van der Waals surface area contributed by atoms with Crippen LogP contribution in [0.25, 0.3) is 44.4 Å². The summed E-state index contributed by atoms with van der Waals surface area (Å²) in [4.78, 5) is 108. The molecule has 2 aliphatic heterocycles. The van der Waals surface area contributed by atoms with E-state index >= 15 is 0 Å². The number of nitrogens with zero attached hydrogens (tertiary/aromatic N) is 5. The van der Waals surface area contributed by atoms with Crippen molar-refractivity contribution in [3.05, 3.63) is 69.3 Å². The maximum absolute atomic E-state index is 13.4. The summed E-state index contributed by atoms with van der Waals surface area (Å²) >= 11 is 0. The van der Waals surface area contributed by atoms with Crippen molar-refractivity contribution in [1.29, 1.82) is 0 Å². The van der Waals surface area contributed by atoms with Gasteiger partial charge in [0.1, 0.15) is 0 Å². The van der Waals surface area contributed by atoms with Crippen molar-refractivity contribution in [2.45, 2.75) is 74.1 Å². The Bertz CT molecular complexity index is 2810. The monoisotopic (exact) mass is 997 g/mol. The van der Waals surface area contributed by atoms with Gasteiger partial charge in [0, 0.05) is 62.2 Å². The van der Waals surface area contributed by atoms with Gasteiger partial charge in [-0.3, -0.25) is 43.5 Å². The molecule has 2 amide bonds.